The summed E-state index contributed by atoms with van der Waals surface area (Å²) in [5.74, 6) is 2.05. The smallest absolute Gasteiger partial charge is 0.321 e. The van der Waals surface area contributed by atoms with Crippen LogP contribution in [0.1, 0.15) is 36.8 Å². The van der Waals surface area contributed by atoms with Gasteiger partial charge in [0, 0.05) is 44.0 Å². The van der Waals surface area contributed by atoms with Crippen molar-refractivity contribution in [3.8, 4) is 11.5 Å². The summed E-state index contributed by atoms with van der Waals surface area (Å²) in [6, 6.07) is 9.76. The van der Waals surface area contributed by atoms with Crippen LogP contribution in [0.2, 0.25) is 0 Å². The molecule has 0 atom stereocenters. The molecule has 4 rings (SSSR count). The van der Waals surface area contributed by atoms with E-state index < -0.39 is 0 Å². The van der Waals surface area contributed by atoms with Crippen LogP contribution in [0.25, 0.3) is 11.5 Å². The van der Waals surface area contributed by atoms with Crippen LogP contribution in [-0.4, -0.2) is 52.3 Å². The molecule has 2 amide bonds. The first-order valence-corrected chi connectivity index (χ1v) is 10.6. The van der Waals surface area contributed by atoms with Gasteiger partial charge in [0.2, 0.25) is 5.89 Å². The zero-order valence-electron chi connectivity index (χ0n) is 18.4. The number of pyridine rings is 1. The molecular formula is C23H28N6O2. The predicted octanol–water partition coefficient (Wildman–Crippen LogP) is 4.23. The van der Waals surface area contributed by atoms with E-state index in [0.717, 1.165) is 22.6 Å². The van der Waals surface area contributed by atoms with Crippen molar-refractivity contribution in [1.29, 1.82) is 0 Å². The van der Waals surface area contributed by atoms with E-state index in [9.17, 15) is 4.79 Å². The van der Waals surface area contributed by atoms with E-state index in [1.165, 1.54) is 5.56 Å². The summed E-state index contributed by atoms with van der Waals surface area (Å²) in [6.07, 6.45) is 1.76. The van der Waals surface area contributed by atoms with Gasteiger partial charge in [0.15, 0.2) is 0 Å². The summed E-state index contributed by atoms with van der Waals surface area (Å²) in [5, 5.41) is 11.4. The van der Waals surface area contributed by atoms with Gasteiger partial charge in [-0.05, 0) is 37.6 Å². The number of nitrogens with one attached hydrogen (secondary N) is 1. The second-order valence-electron chi connectivity index (χ2n) is 8.20. The molecule has 31 heavy (non-hydrogen) atoms. The van der Waals surface area contributed by atoms with Crippen LogP contribution in [0, 0.1) is 13.8 Å². The molecule has 1 fully saturated rings. The van der Waals surface area contributed by atoms with Crippen LogP contribution in [0.3, 0.4) is 0 Å². The highest BCUT2D eigenvalue weighted by Crippen LogP contribution is 2.29. The second kappa shape index (κ2) is 8.75. The molecule has 8 nitrogen and oxygen atoms in total. The maximum Gasteiger partial charge on any atom is 0.321 e. The normalized spacial score (nSPS) is 14.2. The van der Waals surface area contributed by atoms with Crippen LogP contribution in [0.5, 0.6) is 0 Å². The van der Waals surface area contributed by atoms with Crippen LogP contribution < -0.4 is 10.2 Å². The van der Waals surface area contributed by atoms with Gasteiger partial charge in [0.1, 0.15) is 5.82 Å². The van der Waals surface area contributed by atoms with E-state index in [-0.39, 0.29) is 11.9 Å². The molecule has 3 aromatic rings. The zero-order chi connectivity index (χ0) is 22.0. The van der Waals surface area contributed by atoms with Crippen molar-refractivity contribution in [1.82, 2.24) is 20.1 Å². The van der Waals surface area contributed by atoms with Gasteiger partial charge in [0.25, 0.3) is 5.89 Å². The first-order chi connectivity index (χ1) is 14.9. The Hall–Kier alpha value is -3.42. The molecule has 0 saturated carbocycles. The summed E-state index contributed by atoms with van der Waals surface area (Å²) in [7, 11) is 0. The first kappa shape index (κ1) is 20.8. The lowest BCUT2D eigenvalue weighted by atomic mass is 10.1. The van der Waals surface area contributed by atoms with Crippen LogP contribution in [0.4, 0.5) is 16.3 Å². The van der Waals surface area contributed by atoms with E-state index in [2.05, 4.69) is 31.5 Å². The summed E-state index contributed by atoms with van der Waals surface area (Å²) < 4.78 is 5.84. The third-order valence-electron chi connectivity index (χ3n) is 5.44. The number of piperazine rings is 1. The Kier molecular flexibility index (Phi) is 5.88. The van der Waals surface area contributed by atoms with Crippen molar-refractivity contribution in [3.63, 3.8) is 0 Å². The standard InChI is InChI=1S/C23H28N6O2/c1-15(2)21-26-27-22(31-21)18-6-5-9-24-20(18)28-10-12-29(13-11-28)23(30)25-19-8-7-16(3)14-17(19)4/h5-9,14-15H,10-13H2,1-4H3,(H,25,30). The number of carbonyl (C=O) groups excluding carboxylic acids is 1. The van der Waals surface area contributed by atoms with Crippen molar-refractivity contribution < 1.29 is 9.21 Å². The fourth-order valence-electron chi connectivity index (χ4n) is 3.66. The van der Waals surface area contributed by atoms with E-state index in [1.807, 2.05) is 56.9 Å². The summed E-state index contributed by atoms with van der Waals surface area (Å²) >= 11 is 0. The van der Waals surface area contributed by atoms with Gasteiger partial charge >= 0.3 is 6.03 Å². The second-order valence-corrected chi connectivity index (χ2v) is 8.20. The highest BCUT2D eigenvalue weighted by molar-refractivity contribution is 5.90. The molecule has 0 bridgehead atoms. The lowest BCUT2D eigenvalue weighted by molar-refractivity contribution is 0.208. The number of hydrogen-bond acceptors (Lipinski definition) is 6. The Morgan fingerprint density at radius 3 is 2.55 bits per heavy atom. The third-order valence-corrected chi connectivity index (χ3v) is 5.44. The number of carbonyl (C=O) groups is 1. The zero-order valence-corrected chi connectivity index (χ0v) is 18.4. The van der Waals surface area contributed by atoms with E-state index in [4.69, 9.17) is 4.42 Å². The number of nitrogens with zero attached hydrogens (tertiary/aromatic N) is 5. The lowest BCUT2D eigenvalue weighted by Gasteiger charge is -2.36. The highest BCUT2D eigenvalue weighted by Gasteiger charge is 2.25. The first-order valence-electron chi connectivity index (χ1n) is 10.6. The molecule has 3 heterocycles. The van der Waals surface area contributed by atoms with Gasteiger partial charge in [-0.2, -0.15) is 0 Å². The number of aryl methyl sites for hydroxylation is 2. The molecule has 0 spiro atoms. The average Bonchev–Trinajstić information content (AvgIpc) is 3.26. The quantitative estimate of drug-likeness (QED) is 0.680. The molecule has 1 aliphatic rings. The number of urea groups is 1. The van der Waals surface area contributed by atoms with Gasteiger partial charge in [0.05, 0.1) is 5.56 Å². The SMILES string of the molecule is Cc1ccc(NC(=O)N2CCN(c3ncccc3-c3nnc(C(C)C)o3)CC2)c(C)c1. The van der Waals surface area contributed by atoms with Crippen LogP contribution in [-0.2, 0) is 0 Å². The molecule has 2 aromatic heterocycles. The molecule has 0 radical (unpaired) electrons. The molecule has 0 aliphatic carbocycles. The minimum Gasteiger partial charge on any atom is -0.420 e. The van der Waals surface area contributed by atoms with Crippen molar-refractivity contribution >= 4 is 17.5 Å². The molecule has 1 aliphatic heterocycles. The summed E-state index contributed by atoms with van der Waals surface area (Å²) in [6.45, 7) is 10.6. The van der Waals surface area contributed by atoms with Crippen molar-refractivity contribution in [3.05, 3.63) is 53.5 Å². The van der Waals surface area contributed by atoms with Crippen LogP contribution >= 0.6 is 0 Å². The molecule has 8 heteroatoms. The van der Waals surface area contributed by atoms with Crippen molar-refractivity contribution in [2.75, 3.05) is 36.4 Å². The maximum absolute atomic E-state index is 12.8. The van der Waals surface area contributed by atoms with Gasteiger partial charge in [-0.3, -0.25) is 0 Å². The maximum atomic E-state index is 12.8. The number of aromatic nitrogens is 3. The van der Waals surface area contributed by atoms with Crippen molar-refractivity contribution in [2.45, 2.75) is 33.6 Å². The number of benzene rings is 1. The van der Waals surface area contributed by atoms with Gasteiger partial charge in [-0.1, -0.05) is 31.5 Å². The lowest BCUT2D eigenvalue weighted by Crippen LogP contribution is -2.50. The topological polar surface area (TPSA) is 87.4 Å². The average molecular weight is 421 g/mol. The minimum absolute atomic E-state index is 0.0775. The highest BCUT2D eigenvalue weighted by atomic mass is 16.4. The number of hydrogen-bond donors (Lipinski definition) is 1. The summed E-state index contributed by atoms with van der Waals surface area (Å²) in [5.41, 5.74) is 3.90. The van der Waals surface area contributed by atoms with E-state index in [1.54, 1.807) is 6.20 Å². The molecule has 162 valence electrons. The molecule has 0 unspecified atom stereocenters. The van der Waals surface area contributed by atoms with Crippen molar-refractivity contribution in [2.24, 2.45) is 0 Å². The van der Waals surface area contributed by atoms with Crippen LogP contribution in [0.15, 0.2) is 40.9 Å². The van der Waals surface area contributed by atoms with E-state index in [0.29, 0.717) is 38.0 Å². The Balaban J connectivity index is 1.43. The summed E-state index contributed by atoms with van der Waals surface area (Å²) in [4.78, 5) is 21.3. The van der Waals surface area contributed by atoms with E-state index >= 15 is 0 Å². The minimum atomic E-state index is -0.0775. The predicted molar refractivity (Wildman–Crippen MR) is 120 cm³/mol. The number of amides is 2. The monoisotopic (exact) mass is 420 g/mol. The Morgan fingerprint density at radius 2 is 1.87 bits per heavy atom. The molecular weight excluding hydrogens is 392 g/mol. The third kappa shape index (κ3) is 4.52. The molecule has 1 saturated heterocycles. The molecule has 1 aromatic carbocycles. The Labute approximate surface area is 182 Å². The largest absolute Gasteiger partial charge is 0.420 e. The Bertz CT molecular complexity index is 1070. The number of rotatable bonds is 4. The fourth-order valence-corrected chi connectivity index (χ4v) is 3.66. The van der Waals surface area contributed by atoms with Gasteiger partial charge in [-0.25, -0.2) is 9.78 Å². The molecule has 1 N–H and O–H groups in total. The number of anilines is 2. The fraction of sp³-hybridized carbons (Fsp3) is 0.391. The Morgan fingerprint density at radius 1 is 1.10 bits per heavy atom. The van der Waals surface area contributed by atoms with Gasteiger partial charge < -0.3 is 19.5 Å². The van der Waals surface area contributed by atoms with Gasteiger partial charge in [-0.15, -0.1) is 10.2 Å².